The van der Waals surface area contributed by atoms with Crippen molar-refractivity contribution in [3.8, 4) is 5.75 Å². The lowest BCUT2D eigenvalue weighted by molar-refractivity contribution is 0.167. The van der Waals surface area contributed by atoms with E-state index in [1.165, 1.54) is 5.56 Å². The molecule has 16 heavy (non-hydrogen) atoms. The second-order valence-electron chi connectivity index (χ2n) is 4.36. The van der Waals surface area contributed by atoms with Crippen molar-refractivity contribution in [2.24, 2.45) is 0 Å². The van der Waals surface area contributed by atoms with Crippen molar-refractivity contribution < 1.29 is 9.84 Å². The summed E-state index contributed by atoms with van der Waals surface area (Å²) in [5.74, 6) is 0.960. The van der Waals surface area contributed by atoms with Crippen molar-refractivity contribution in [2.75, 3.05) is 26.2 Å². The van der Waals surface area contributed by atoms with Gasteiger partial charge in [0.15, 0.2) is 0 Å². The van der Waals surface area contributed by atoms with Crippen LogP contribution >= 0.6 is 0 Å². The van der Waals surface area contributed by atoms with Crippen LogP contribution in [0.25, 0.3) is 0 Å². The first-order valence-electron chi connectivity index (χ1n) is 5.84. The zero-order valence-electron chi connectivity index (χ0n) is 9.72. The van der Waals surface area contributed by atoms with E-state index in [0.29, 0.717) is 6.61 Å². The van der Waals surface area contributed by atoms with Crippen LogP contribution in [-0.4, -0.2) is 42.4 Å². The van der Waals surface area contributed by atoms with E-state index in [-0.39, 0.29) is 6.10 Å². The Morgan fingerprint density at radius 3 is 2.94 bits per heavy atom. The standard InChI is InChI=1S/C13H19NO2/c1-11-4-2-3-5-13(11)16-9-8-14-7-6-12(15)10-14/h2-5,12,15H,6-10H2,1H3/t12-/m0/s1. The predicted molar refractivity (Wildman–Crippen MR) is 63.7 cm³/mol. The number of para-hydroxylation sites is 1. The van der Waals surface area contributed by atoms with Crippen LogP contribution in [0.3, 0.4) is 0 Å². The van der Waals surface area contributed by atoms with E-state index >= 15 is 0 Å². The average Bonchev–Trinajstić information content (AvgIpc) is 2.67. The number of hydrogen-bond donors (Lipinski definition) is 1. The lowest BCUT2D eigenvalue weighted by Crippen LogP contribution is -2.27. The predicted octanol–water partition coefficient (Wildman–Crippen LogP) is 1.44. The van der Waals surface area contributed by atoms with Gasteiger partial charge in [-0.3, -0.25) is 4.90 Å². The summed E-state index contributed by atoms with van der Waals surface area (Å²) < 4.78 is 5.71. The van der Waals surface area contributed by atoms with Crippen LogP contribution in [0, 0.1) is 6.92 Å². The minimum Gasteiger partial charge on any atom is -0.492 e. The summed E-state index contributed by atoms with van der Waals surface area (Å²) in [4.78, 5) is 2.24. The van der Waals surface area contributed by atoms with E-state index in [9.17, 15) is 5.11 Å². The number of aliphatic hydroxyl groups is 1. The minimum atomic E-state index is -0.140. The van der Waals surface area contributed by atoms with E-state index in [4.69, 9.17) is 4.74 Å². The molecule has 0 spiro atoms. The Bertz CT molecular complexity index is 340. The molecule has 0 aromatic heterocycles. The Kier molecular flexibility index (Phi) is 3.80. The van der Waals surface area contributed by atoms with Gasteiger partial charge >= 0.3 is 0 Å². The maximum atomic E-state index is 9.38. The normalized spacial score (nSPS) is 21.2. The molecule has 1 aromatic carbocycles. The van der Waals surface area contributed by atoms with Gasteiger partial charge in [0.1, 0.15) is 12.4 Å². The second-order valence-corrected chi connectivity index (χ2v) is 4.36. The number of rotatable bonds is 4. The number of nitrogens with zero attached hydrogens (tertiary/aromatic N) is 1. The second kappa shape index (κ2) is 5.32. The molecule has 1 saturated heterocycles. The molecule has 3 heteroatoms. The maximum absolute atomic E-state index is 9.38. The van der Waals surface area contributed by atoms with Crippen molar-refractivity contribution in [1.29, 1.82) is 0 Å². The van der Waals surface area contributed by atoms with Gasteiger partial charge in [0.05, 0.1) is 6.10 Å². The van der Waals surface area contributed by atoms with Crippen LogP contribution in [0.5, 0.6) is 5.75 Å². The maximum Gasteiger partial charge on any atom is 0.122 e. The van der Waals surface area contributed by atoms with Crippen LogP contribution in [0.4, 0.5) is 0 Å². The fraction of sp³-hybridized carbons (Fsp3) is 0.538. The van der Waals surface area contributed by atoms with Gasteiger partial charge < -0.3 is 9.84 Å². The molecule has 1 atom stereocenters. The molecule has 0 unspecified atom stereocenters. The van der Waals surface area contributed by atoms with Crippen LogP contribution in [0.1, 0.15) is 12.0 Å². The van der Waals surface area contributed by atoms with Gasteiger partial charge in [-0.25, -0.2) is 0 Å². The highest BCUT2D eigenvalue weighted by Crippen LogP contribution is 2.16. The Balaban J connectivity index is 1.74. The fourth-order valence-electron chi connectivity index (χ4n) is 2.02. The number of benzene rings is 1. The van der Waals surface area contributed by atoms with Crippen molar-refractivity contribution in [3.05, 3.63) is 29.8 Å². The molecule has 2 rings (SSSR count). The van der Waals surface area contributed by atoms with Crippen LogP contribution in [0.2, 0.25) is 0 Å². The zero-order chi connectivity index (χ0) is 11.4. The van der Waals surface area contributed by atoms with E-state index in [2.05, 4.69) is 17.9 Å². The zero-order valence-corrected chi connectivity index (χ0v) is 9.72. The van der Waals surface area contributed by atoms with Crippen molar-refractivity contribution in [3.63, 3.8) is 0 Å². The summed E-state index contributed by atoms with van der Waals surface area (Å²) in [7, 11) is 0. The first-order valence-corrected chi connectivity index (χ1v) is 5.84. The molecule has 0 amide bonds. The quantitative estimate of drug-likeness (QED) is 0.835. The summed E-state index contributed by atoms with van der Waals surface area (Å²) in [5, 5.41) is 9.38. The van der Waals surface area contributed by atoms with Gasteiger partial charge in [-0.15, -0.1) is 0 Å². The van der Waals surface area contributed by atoms with Crippen LogP contribution in [-0.2, 0) is 0 Å². The third-order valence-corrected chi connectivity index (χ3v) is 3.01. The molecule has 1 aromatic rings. The van der Waals surface area contributed by atoms with Gasteiger partial charge in [-0.05, 0) is 25.0 Å². The van der Waals surface area contributed by atoms with Gasteiger partial charge in [-0.2, -0.15) is 0 Å². The van der Waals surface area contributed by atoms with E-state index < -0.39 is 0 Å². The Hall–Kier alpha value is -1.06. The lowest BCUT2D eigenvalue weighted by Gasteiger charge is -2.15. The first kappa shape index (κ1) is 11.4. The number of hydrogen-bond acceptors (Lipinski definition) is 3. The Labute approximate surface area is 96.6 Å². The summed E-state index contributed by atoms with van der Waals surface area (Å²) in [6, 6.07) is 8.05. The minimum absolute atomic E-state index is 0.140. The molecule has 0 saturated carbocycles. The van der Waals surface area contributed by atoms with E-state index in [0.717, 1.165) is 31.8 Å². The summed E-state index contributed by atoms with van der Waals surface area (Å²) in [6.45, 7) is 5.41. The fourth-order valence-corrected chi connectivity index (χ4v) is 2.02. The third-order valence-electron chi connectivity index (χ3n) is 3.01. The Morgan fingerprint density at radius 1 is 1.44 bits per heavy atom. The SMILES string of the molecule is Cc1ccccc1OCCN1CC[C@H](O)C1. The lowest BCUT2D eigenvalue weighted by atomic mass is 10.2. The molecule has 1 aliphatic rings. The molecule has 3 nitrogen and oxygen atoms in total. The molecular formula is C13H19NO2. The highest BCUT2D eigenvalue weighted by Gasteiger charge is 2.19. The van der Waals surface area contributed by atoms with Gasteiger partial charge in [-0.1, -0.05) is 18.2 Å². The highest BCUT2D eigenvalue weighted by atomic mass is 16.5. The highest BCUT2D eigenvalue weighted by molar-refractivity contribution is 5.31. The number of ether oxygens (including phenoxy) is 1. The van der Waals surface area contributed by atoms with Crippen LogP contribution < -0.4 is 4.74 Å². The van der Waals surface area contributed by atoms with E-state index in [1.807, 2.05) is 18.2 Å². The van der Waals surface area contributed by atoms with Gasteiger partial charge in [0, 0.05) is 19.6 Å². The molecule has 0 aliphatic carbocycles. The average molecular weight is 221 g/mol. The van der Waals surface area contributed by atoms with Gasteiger partial charge in [0.25, 0.3) is 0 Å². The first-order chi connectivity index (χ1) is 7.75. The number of aliphatic hydroxyl groups excluding tert-OH is 1. The third kappa shape index (κ3) is 2.97. The summed E-state index contributed by atoms with van der Waals surface area (Å²) >= 11 is 0. The molecule has 1 fully saturated rings. The Morgan fingerprint density at radius 2 is 2.25 bits per heavy atom. The monoisotopic (exact) mass is 221 g/mol. The number of β-amino-alcohol motifs (C(OH)–C–C–N with tert-alkyl or cyclic N) is 1. The molecule has 1 heterocycles. The molecular weight excluding hydrogens is 202 g/mol. The summed E-state index contributed by atoms with van der Waals surface area (Å²) in [5.41, 5.74) is 1.17. The largest absolute Gasteiger partial charge is 0.492 e. The molecule has 1 N–H and O–H groups in total. The smallest absolute Gasteiger partial charge is 0.122 e. The number of likely N-dealkylation sites (tertiary alicyclic amines) is 1. The molecule has 88 valence electrons. The molecule has 1 aliphatic heterocycles. The van der Waals surface area contributed by atoms with Gasteiger partial charge in [0.2, 0.25) is 0 Å². The topological polar surface area (TPSA) is 32.7 Å². The molecule has 0 bridgehead atoms. The molecule has 0 radical (unpaired) electrons. The van der Waals surface area contributed by atoms with E-state index in [1.54, 1.807) is 0 Å². The van der Waals surface area contributed by atoms with Crippen molar-refractivity contribution >= 4 is 0 Å². The van der Waals surface area contributed by atoms with Crippen molar-refractivity contribution in [1.82, 2.24) is 4.90 Å². The van der Waals surface area contributed by atoms with Crippen molar-refractivity contribution in [2.45, 2.75) is 19.4 Å². The van der Waals surface area contributed by atoms with Crippen LogP contribution in [0.15, 0.2) is 24.3 Å². The summed E-state index contributed by atoms with van der Waals surface area (Å²) in [6.07, 6.45) is 0.753. The number of aryl methyl sites for hydroxylation is 1.